The van der Waals surface area contributed by atoms with E-state index in [1.807, 2.05) is 0 Å². The van der Waals surface area contributed by atoms with Gasteiger partial charge in [0.15, 0.2) is 0 Å². The van der Waals surface area contributed by atoms with Crippen molar-refractivity contribution in [3.63, 3.8) is 0 Å². The fraction of sp³-hybridized carbons (Fsp3) is 0.0196. The standard InChI is InChI=1S/C51H36/c1-34(36-16-6-3-7-17-36)30-35(2)39-26-28-45-48(31-39)50(37-18-8-4-9-19-37)46-29-27-41(33-49(46)51(45)38-20-10-5-11-21-38)47-32-40-22-12-13-23-42(40)43-24-14-15-25-44(43)47/h3-33H,2H2,1H3/b34-30+. The Balaban J connectivity index is 1.34. The lowest BCUT2D eigenvalue weighted by Gasteiger charge is -2.20. The molecule has 0 saturated heterocycles. The molecule has 0 spiro atoms. The number of hydrogen-bond donors (Lipinski definition) is 0. The fourth-order valence-electron chi connectivity index (χ4n) is 7.85. The van der Waals surface area contributed by atoms with E-state index in [2.05, 4.69) is 202 Å². The zero-order valence-electron chi connectivity index (χ0n) is 28.6. The van der Waals surface area contributed by atoms with Crippen LogP contribution in [-0.4, -0.2) is 0 Å². The summed E-state index contributed by atoms with van der Waals surface area (Å²) in [5.74, 6) is 0. The lowest BCUT2D eigenvalue weighted by Crippen LogP contribution is -1.93. The molecule has 0 radical (unpaired) electrons. The Labute approximate surface area is 299 Å². The Bertz CT molecular complexity index is 2790. The van der Waals surface area contributed by atoms with Gasteiger partial charge < -0.3 is 0 Å². The molecule has 0 fully saturated rings. The zero-order valence-corrected chi connectivity index (χ0v) is 28.6. The first-order chi connectivity index (χ1) is 25.1. The van der Waals surface area contributed by atoms with Crippen molar-refractivity contribution in [3.8, 4) is 33.4 Å². The molecule has 0 amide bonds. The summed E-state index contributed by atoms with van der Waals surface area (Å²) < 4.78 is 0. The molecule has 0 nitrogen and oxygen atoms in total. The molecule has 0 unspecified atom stereocenters. The van der Waals surface area contributed by atoms with Gasteiger partial charge in [-0.1, -0.05) is 176 Å². The van der Waals surface area contributed by atoms with Crippen LogP contribution in [0.15, 0.2) is 195 Å². The molecule has 9 aromatic rings. The smallest absolute Gasteiger partial charge is 0.00261 e. The van der Waals surface area contributed by atoms with Crippen LogP contribution in [0, 0.1) is 0 Å². The summed E-state index contributed by atoms with van der Waals surface area (Å²) in [6.07, 6.45) is 2.21. The lowest BCUT2D eigenvalue weighted by molar-refractivity contribution is 1.56. The van der Waals surface area contributed by atoms with Crippen LogP contribution in [0.1, 0.15) is 18.1 Å². The van der Waals surface area contributed by atoms with Gasteiger partial charge in [-0.3, -0.25) is 0 Å². The van der Waals surface area contributed by atoms with E-state index >= 15 is 0 Å². The summed E-state index contributed by atoms with van der Waals surface area (Å²) in [7, 11) is 0. The second-order valence-corrected chi connectivity index (χ2v) is 13.4. The molecule has 0 aliphatic heterocycles. The number of benzene rings is 9. The predicted octanol–water partition coefficient (Wildman–Crippen LogP) is 14.4. The number of allylic oxidation sites excluding steroid dienone is 3. The molecule has 0 atom stereocenters. The van der Waals surface area contributed by atoms with E-state index < -0.39 is 0 Å². The van der Waals surface area contributed by atoms with Gasteiger partial charge in [0.1, 0.15) is 0 Å². The zero-order chi connectivity index (χ0) is 34.3. The van der Waals surface area contributed by atoms with E-state index in [1.54, 1.807) is 0 Å². The highest BCUT2D eigenvalue weighted by atomic mass is 14.2. The van der Waals surface area contributed by atoms with Crippen molar-refractivity contribution >= 4 is 54.2 Å². The average molecular weight is 649 g/mol. The maximum Gasteiger partial charge on any atom is -0.00261 e. The van der Waals surface area contributed by atoms with Crippen LogP contribution >= 0.6 is 0 Å². The number of hydrogen-bond acceptors (Lipinski definition) is 0. The van der Waals surface area contributed by atoms with Crippen molar-refractivity contribution in [3.05, 3.63) is 206 Å². The number of rotatable bonds is 6. The van der Waals surface area contributed by atoms with Crippen molar-refractivity contribution < 1.29 is 0 Å². The molecule has 240 valence electrons. The highest BCUT2D eigenvalue weighted by Crippen LogP contribution is 2.46. The minimum Gasteiger partial charge on any atom is -0.0911 e. The first kappa shape index (κ1) is 30.6. The van der Waals surface area contributed by atoms with Crippen molar-refractivity contribution in [2.45, 2.75) is 6.92 Å². The van der Waals surface area contributed by atoms with E-state index in [1.165, 1.54) is 87.6 Å². The van der Waals surface area contributed by atoms with Crippen LogP contribution in [0.4, 0.5) is 0 Å². The van der Waals surface area contributed by atoms with Crippen LogP contribution in [0.5, 0.6) is 0 Å². The van der Waals surface area contributed by atoms with Crippen molar-refractivity contribution in [1.29, 1.82) is 0 Å². The van der Waals surface area contributed by atoms with Gasteiger partial charge in [-0.05, 0) is 124 Å². The molecule has 9 aromatic carbocycles. The third-order valence-corrected chi connectivity index (χ3v) is 10.3. The lowest BCUT2D eigenvalue weighted by atomic mass is 9.83. The highest BCUT2D eigenvalue weighted by molar-refractivity contribution is 6.23. The molecule has 0 saturated carbocycles. The van der Waals surface area contributed by atoms with Gasteiger partial charge in [-0.25, -0.2) is 0 Å². The minimum atomic E-state index is 0.997. The molecule has 0 aliphatic carbocycles. The fourth-order valence-corrected chi connectivity index (χ4v) is 7.85. The third-order valence-electron chi connectivity index (χ3n) is 10.3. The maximum atomic E-state index is 4.56. The summed E-state index contributed by atoms with van der Waals surface area (Å²) in [6.45, 7) is 6.72. The summed E-state index contributed by atoms with van der Waals surface area (Å²) in [5.41, 5.74) is 11.9. The summed E-state index contributed by atoms with van der Waals surface area (Å²) in [5, 5.41) is 10.0. The molecular weight excluding hydrogens is 613 g/mol. The summed E-state index contributed by atoms with van der Waals surface area (Å²) >= 11 is 0. The monoisotopic (exact) mass is 648 g/mol. The predicted molar refractivity (Wildman–Crippen MR) is 222 cm³/mol. The van der Waals surface area contributed by atoms with Gasteiger partial charge in [0.2, 0.25) is 0 Å². The van der Waals surface area contributed by atoms with Crippen LogP contribution in [-0.2, 0) is 0 Å². The first-order valence-electron chi connectivity index (χ1n) is 17.6. The van der Waals surface area contributed by atoms with Gasteiger partial charge in [-0.2, -0.15) is 0 Å². The minimum absolute atomic E-state index is 0.997. The van der Waals surface area contributed by atoms with Gasteiger partial charge in [0.05, 0.1) is 0 Å². The van der Waals surface area contributed by atoms with E-state index in [0.717, 1.165) is 11.1 Å². The van der Waals surface area contributed by atoms with Crippen LogP contribution in [0.3, 0.4) is 0 Å². The quantitative estimate of drug-likeness (QED) is 0.0956. The highest BCUT2D eigenvalue weighted by Gasteiger charge is 2.19. The molecule has 0 heteroatoms. The van der Waals surface area contributed by atoms with E-state index in [9.17, 15) is 0 Å². The van der Waals surface area contributed by atoms with Crippen LogP contribution in [0.25, 0.3) is 87.6 Å². The van der Waals surface area contributed by atoms with Crippen molar-refractivity contribution in [2.24, 2.45) is 0 Å². The Morgan fingerprint density at radius 2 is 0.922 bits per heavy atom. The largest absolute Gasteiger partial charge is 0.0911 e. The van der Waals surface area contributed by atoms with E-state index in [0.29, 0.717) is 0 Å². The van der Waals surface area contributed by atoms with Gasteiger partial charge in [0.25, 0.3) is 0 Å². The normalized spacial score (nSPS) is 11.8. The summed E-state index contributed by atoms with van der Waals surface area (Å²) in [6, 6.07) is 66.2. The molecular formula is C51H36. The van der Waals surface area contributed by atoms with Crippen LogP contribution in [0.2, 0.25) is 0 Å². The topological polar surface area (TPSA) is 0 Å². The Morgan fingerprint density at radius 1 is 0.392 bits per heavy atom. The molecule has 0 aromatic heterocycles. The first-order valence-corrected chi connectivity index (χ1v) is 17.6. The molecule has 0 bridgehead atoms. The molecule has 51 heavy (non-hydrogen) atoms. The van der Waals surface area contributed by atoms with Crippen LogP contribution < -0.4 is 0 Å². The Hall–Kier alpha value is -6.50. The molecule has 0 heterocycles. The van der Waals surface area contributed by atoms with Gasteiger partial charge in [-0.15, -0.1) is 0 Å². The second kappa shape index (κ2) is 12.8. The molecule has 9 rings (SSSR count). The second-order valence-electron chi connectivity index (χ2n) is 13.4. The van der Waals surface area contributed by atoms with E-state index in [4.69, 9.17) is 0 Å². The van der Waals surface area contributed by atoms with Gasteiger partial charge in [0, 0.05) is 0 Å². The average Bonchev–Trinajstić information content (AvgIpc) is 3.20. The third kappa shape index (κ3) is 5.43. The van der Waals surface area contributed by atoms with Crippen molar-refractivity contribution in [2.75, 3.05) is 0 Å². The Morgan fingerprint density at radius 3 is 1.59 bits per heavy atom. The molecule has 0 N–H and O–H groups in total. The van der Waals surface area contributed by atoms with E-state index in [-0.39, 0.29) is 0 Å². The van der Waals surface area contributed by atoms with Gasteiger partial charge >= 0.3 is 0 Å². The van der Waals surface area contributed by atoms with Crippen molar-refractivity contribution in [1.82, 2.24) is 0 Å². The molecule has 0 aliphatic rings. The SMILES string of the molecule is C=C(/C=C(\C)c1ccccc1)c1ccc2c(-c3ccccc3)c3cc(-c4cc5ccccc5c5ccccc45)ccc3c(-c3ccccc3)c2c1. The Kier molecular flexibility index (Phi) is 7.64. The number of fused-ring (bicyclic) bond motifs is 5. The maximum absolute atomic E-state index is 4.56. The summed E-state index contributed by atoms with van der Waals surface area (Å²) in [4.78, 5) is 0.